The molecule has 16 heavy (non-hydrogen) atoms. The molecule has 0 aliphatic heterocycles. The number of hydrogen-bond donors (Lipinski definition) is 2. The minimum Gasteiger partial charge on any atom is -0.394 e. The average Bonchev–Trinajstić information content (AvgIpc) is 2.62. The second kappa shape index (κ2) is 5.41. The normalized spacial score (nSPS) is 12.4. The maximum atomic E-state index is 9.13. The van der Waals surface area contributed by atoms with E-state index in [0.29, 0.717) is 12.5 Å². The lowest BCUT2D eigenvalue weighted by Gasteiger charge is -2.23. The van der Waals surface area contributed by atoms with Crippen LogP contribution in [-0.2, 0) is 13.1 Å². The molecule has 0 aliphatic carbocycles. The molecule has 0 bridgehead atoms. The number of nitrogens with zero attached hydrogens (tertiary/aromatic N) is 3. The van der Waals surface area contributed by atoms with Gasteiger partial charge >= 0.3 is 0 Å². The van der Waals surface area contributed by atoms with Gasteiger partial charge in [0.25, 0.3) is 0 Å². The van der Waals surface area contributed by atoms with Crippen molar-refractivity contribution in [3.63, 3.8) is 0 Å². The first-order valence-corrected chi connectivity index (χ1v) is 5.67. The Balaban J connectivity index is 2.57. The summed E-state index contributed by atoms with van der Waals surface area (Å²) in [4.78, 5) is 4.21. The van der Waals surface area contributed by atoms with Crippen molar-refractivity contribution >= 4 is 0 Å². The van der Waals surface area contributed by atoms with Crippen LogP contribution in [0.25, 0.3) is 0 Å². The van der Waals surface area contributed by atoms with Crippen molar-refractivity contribution in [1.29, 1.82) is 0 Å². The lowest BCUT2D eigenvalue weighted by Crippen LogP contribution is -2.42. The van der Waals surface area contributed by atoms with Gasteiger partial charge in [-0.1, -0.05) is 13.8 Å². The van der Waals surface area contributed by atoms with Crippen molar-refractivity contribution in [2.24, 2.45) is 5.92 Å². The maximum Gasteiger partial charge on any atom is 0.140 e. The Bertz CT molecular complexity index is 320. The minimum atomic E-state index is -0.283. The van der Waals surface area contributed by atoms with Crippen LogP contribution >= 0.6 is 0 Å². The summed E-state index contributed by atoms with van der Waals surface area (Å²) in [6.45, 7) is 9.81. The van der Waals surface area contributed by atoms with Gasteiger partial charge in [0.05, 0.1) is 13.2 Å². The smallest absolute Gasteiger partial charge is 0.140 e. The highest BCUT2D eigenvalue weighted by Gasteiger charge is 2.16. The Hall–Kier alpha value is -0.940. The van der Waals surface area contributed by atoms with Gasteiger partial charge in [-0.15, -0.1) is 0 Å². The Morgan fingerprint density at radius 2 is 2.19 bits per heavy atom. The number of aliphatic hydroxyl groups is 1. The molecule has 0 aromatic carbocycles. The third-order valence-electron chi connectivity index (χ3n) is 2.35. The van der Waals surface area contributed by atoms with Crippen LogP contribution in [0.3, 0.4) is 0 Å². The van der Waals surface area contributed by atoms with E-state index in [4.69, 9.17) is 5.11 Å². The summed E-state index contributed by atoms with van der Waals surface area (Å²) in [7, 11) is 0. The van der Waals surface area contributed by atoms with E-state index in [2.05, 4.69) is 29.2 Å². The molecule has 0 fully saturated rings. The molecule has 1 heterocycles. The van der Waals surface area contributed by atoms with Crippen LogP contribution in [0.4, 0.5) is 0 Å². The molecule has 0 amide bonds. The molecule has 0 saturated carbocycles. The number of aliphatic hydroxyl groups excluding tert-OH is 1. The summed E-state index contributed by atoms with van der Waals surface area (Å²) < 4.78 is 1.91. The summed E-state index contributed by atoms with van der Waals surface area (Å²) in [5, 5.41) is 16.6. The van der Waals surface area contributed by atoms with Gasteiger partial charge in [-0.25, -0.2) is 9.67 Å². The second-order valence-corrected chi connectivity index (χ2v) is 5.15. The van der Waals surface area contributed by atoms with Crippen LogP contribution in [-0.4, -0.2) is 32.0 Å². The van der Waals surface area contributed by atoms with E-state index in [9.17, 15) is 0 Å². The largest absolute Gasteiger partial charge is 0.394 e. The van der Waals surface area contributed by atoms with Crippen molar-refractivity contribution in [2.75, 3.05) is 6.61 Å². The van der Waals surface area contributed by atoms with Gasteiger partial charge in [0, 0.05) is 12.1 Å². The van der Waals surface area contributed by atoms with Crippen LogP contribution in [0, 0.1) is 5.92 Å². The fourth-order valence-electron chi connectivity index (χ4n) is 1.30. The van der Waals surface area contributed by atoms with Gasteiger partial charge in [-0.3, -0.25) is 0 Å². The van der Waals surface area contributed by atoms with E-state index in [0.717, 1.165) is 12.4 Å². The first-order valence-electron chi connectivity index (χ1n) is 5.67. The predicted molar refractivity (Wildman–Crippen MR) is 62.9 cm³/mol. The number of aromatic nitrogens is 3. The summed E-state index contributed by atoms with van der Waals surface area (Å²) in [6, 6.07) is 0. The SMILES string of the molecule is CC(C)Cn1ncnc1CNC(C)(C)CO. The van der Waals surface area contributed by atoms with Crippen molar-refractivity contribution in [2.45, 2.75) is 46.3 Å². The van der Waals surface area contributed by atoms with Gasteiger partial charge in [0.2, 0.25) is 0 Å². The van der Waals surface area contributed by atoms with E-state index in [-0.39, 0.29) is 12.1 Å². The van der Waals surface area contributed by atoms with Gasteiger partial charge in [-0.05, 0) is 19.8 Å². The molecule has 5 heteroatoms. The molecule has 0 spiro atoms. The van der Waals surface area contributed by atoms with Crippen molar-refractivity contribution < 1.29 is 5.11 Å². The first kappa shape index (κ1) is 13.1. The predicted octanol–water partition coefficient (Wildman–Crippen LogP) is 0.795. The zero-order chi connectivity index (χ0) is 12.2. The second-order valence-electron chi connectivity index (χ2n) is 5.15. The highest BCUT2D eigenvalue weighted by atomic mass is 16.3. The van der Waals surface area contributed by atoms with Crippen LogP contribution in [0.15, 0.2) is 6.33 Å². The highest BCUT2D eigenvalue weighted by Crippen LogP contribution is 2.04. The molecule has 92 valence electrons. The monoisotopic (exact) mass is 226 g/mol. The first-order chi connectivity index (χ1) is 7.44. The molecule has 0 saturated heterocycles. The Labute approximate surface area is 96.9 Å². The van der Waals surface area contributed by atoms with Gasteiger partial charge < -0.3 is 10.4 Å². The van der Waals surface area contributed by atoms with E-state index < -0.39 is 0 Å². The summed E-state index contributed by atoms with van der Waals surface area (Å²) in [6.07, 6.45) is 1.57. The zero-order valence-electron chi connectivity index (χ0n) is 10.6. The molecule has 0 radical (unpaired) electrons. The average molecular weight is 226 g/mol. The topological polar surface area (TPSA) is 63.0 Å². The van der Waals surface area contributed by atoms with Crippen LogP contribution < -0.4 is 5.32 Å². The molecule has 0 aliphatic rings. The summed E-state index contributed by atoms with van der Waals surface area (Å²) >= 11 is 0. The molecular weight excluding hydrogens is 204 g/mol. The quantitative estimate of drug-likeness (QED) is 0.753. The van der Waals surface area contributed by atoms with Crippen molar-refractivity contribution in [3.8, 4) is 0 Å². The third kappa shape index (κ3) is 3.90. The summed E-state index contributed by atoms with van der Waals surface area (Å²) in [5.41, 5.74) is -0.283. The van der Waals surface area contributed by atoms with E-state index >= 15 is 0 Å². The van der Waals surface area contributed by atoms with Gasteiger partial charge in [0.15, 0.2) is 0 Å². The molecular formula is C11H22N4O. The fraction of sp³-hybridized carbons (Fsp3) is 0.818. The fourth-order valence-corrected chi connectivity index (χ4v) is 1.30. The van der Waals surface area contributed by atoms with Gasteiger partial charge in [0.1, 0.15) is 12.2 Å². The van der Waals surface area contributed by atoms with E-state index in [1.807, 2.05) is 18.5 Å². The molecule has 2 N–H and O–H groups in total. The molecule has 1 aromatic rings. The standard InChI is InChI=1S/C11H22N4O/c1-9(2)6-15-10(12-8-14-15)5-13-11(3,4)7-16/h8-9,13,16H,5-7H2,1-4H3. The van der Waals surface area contributed by atoms with Crippen LogP contribution in [0.2, 0.25) is 0 Å². The molecule has 5 nitrogen and oxygen atoms in total. The highest BCUT2D eigenvalue weighted by molar-refractivity contribution is 4.87. The van der Waals surface area contributed by atoms with Crippen LogP contribution in [0.1, 0.15) is 33.5 Å². The summed E-state index contributed by atoms with van der Waals surface area (Å²) in [5.74, 6) is 1.46. The third-order valence-corrected chi connectivity index (χ3v) is 2.35. The lowest BCUT2D eigenvalue weighted by molar-refractivity contribution is 0.185. The Kier molecular flexibility index (Phi) is 4.44. The minimum absolute atomic E-state index is 0.102. The van der Waals surface area contributed by atoms with Crippen molar-refractivity contribution in [3.05, 3.63) is 12.2 Å². The number of rotatable bonds is 6. The Morgan fingerprint density at radius 3 is 2.75 bits per heavy atom. The molecule has 0 atom stereocenters. The molecule has 1 rings (SSSR count). The molecule has 0 unspecified atom stereocenters. The molecule has 1 aromatic heterocycles. The number of nitrogens with one attached hydrogen (secondary N) is 1. The number of hydrogen-bond acceptors (Lipinski definition) is 4. The van der Waals surface area contributed by atoms with Crippen molar-refractivity contribution in [1.82, 2.24) is 20.1 Å². The maximum absolute atomic E-state index is 9.13. The van der Waals surface area contributed by atoms with Gasteiger partial charge in [-0.2, -0.15) is 5.10 Å². The van der Waals surface area contributed by atoms with Crippen LogP contribution in [0.5, 0.6) is 0 Å². The van der Waals surface area contributed by atoms with E-state index in [1.165, 1.54) is 0 Å². The Morgan fingerprint density at radius 1 is 1.50 bits per heavy atom. The zero-order valence-corrected chi connectivity index (χ0v) is 10.6. The van der Waals surface area contributed by atoms with E-state index in [1.54, 1.807) is 6.33 Å². The lowest BCUT2D eigenvalue weighted by atomic mass is 10.1.